The minimum absolute atomic E-state index is 0.0335. The number of para-hydroxylation sites is 1. The summed E-state index contributed by atoms with van der Waals surface area (Å²) in [5.74, 6) is 0.570. The largest absolute Gasteiger partial charge is 0.493 e. The molecule has 0 spiro atoms. The standard InChI is InChI=1S/C24H28N2O5S/c27-23(12-16-31-19-6-2-1-3-7-19)26-14-10-18(11-15-26)24(28)25-21-13-17-32(29,30)22-9-5-4-8-20(21)22/h1-9,18,21H,10-17H2,(H,25,28). The molecule has 32 heavy (non-hydrogen) atoms. The molecule has 2 heterocycles. The van der Waals surface area contributed by atoms with Gasteiger partial charge < -0.3 is 15.0 Å². The molecule has 0 aliphatic carbocycles. The number of amides is 2. The number of fused-ring (bicyclic) bond motifs is 1. The molecule has 2 aliphatic rings. The second-order valence-corrected chi connectivity index (χ2v) is 10.4. The molecule has 2 aromatic rings. The lowest BCUT2D eigenvalue weighted by atomic mass is 9.94. The zero-order chi connectivity index (χ0) is 22.6. The number of rotatable bonds is 6. The third-order valence-corrected chi connectivity index (χ3v) is 7.98. The van der Waals surface area contributed by atoms with Gasteiger partial charge in [-0.1, -0.05) is 36.4 Å². The predicted molar refractivity (Wildman–Crippen MR) is 120 cm³/mol. The van der Waals surface area contributed by atoms with E-state index in [1.807, 2.05) is 30.3 Å². The number of sulfone groups is 1. The Balaban J connectivity index is 1.25. The van der Waals surface area contributed by atoms with Crippen LogP contribution in [0.2, 0.25) is 0 Å². The smallest absolute Gasteiger partial charge is 0.225 e. The lowest BCUT2D eigenvalue weighted by Gasteiger charge is -2.33. The molecule has 1 N–H and O–H groups in total. The number of benzene rings is 2. The summed E-state index contributed by atoms with van der Waals surface area (Å²) in [6, 6.07) is 16.0. The fourth-order valence-corrected chi connectivity index (χ4v) is 5.97. The molecule has 1 fully saturated rings. The van der Waals surface area contributed by atoms with E-state index in [2.05, 4.69) is 5.32 Å². The van der Waals surface area contributed by atoms with E-state index >= 15 is 0 Å². The fourth-order valence-electron chi connectivity index (χ4n) is 4.35. The monoisotopic (exact) mass is 456 g/mol. The minimum atomic E-state index is -3.28. The lowest BCUT2D eigenvalue weighted by molar-refractivity contribution is -0.136. The van der Waals surface area contributed by atoms with Crippen molar-refractivity contribution in [3.63, 3.8) is 0 Å². The maximum absolute atomic E-state index is 12.9. The second-order valence-electron chi connectivity index (χ2n) is 8.27. The topological polar surface area (TPSA) is 92.8 Å². The Bertz CT molecular complexity index is 1060. The summed E-state index contributed by atoms with van der Waals surface area (Å²) in [6.45, 7) is 1.41. The number of nitrogens with one attached hydrogen (secondary N) is 1. The Hall–Kier alpha value is -2.87. The van der Waals surface area contributed by atoms with Crippen molar-refractivity contribution < 1.29 is 22.7 Å². The van der Waals surface area contributed by atoms with Crippen LogP contribution in [0.25, 0.3) is 0 Å². The summed E-state index contributed by atoms with van der Waals surface area (Å²) in [6.07, 6.45) is 1.89. The van der Waals surface area contributed by atoms with Crippen LogP contribution in [0.15, 0.2) is 59.5 Å². The third kappa shape index (κ3) is 5.12. The number of piperidine rings is 1. The molecule has 170 valence electrons. The van der Waals surface area contributed by atoms with Gasteiger partial charge in [0.1, 0.15) is 5.75 Å². The summed E-state index contributed by atoms with van der Waals surface area (Å²) < 4.78 is 30.2. The highest BCUT2D eigenvalue weighted by Gasteiger charge is 2.33. The van der Waals surface area contributed by atoms with Crippen molar-refractivity contribution in [2.24, 2.45) is 5.92 Å². The van der Waals surface area contributed by atoms with Gasteiger partial charge in [0, 0.05) is 19.0 Å². The van der Waals surface area contributed by atoms with Crippen LogP contribution in [-0.4, -0.2) is 50.6 Å². The van der Waals surface area contributed by atoms with Crippen molar-refractivity contribution in [2.75, 3.05) is 25.4 Å². The van der Waals surface area contributed by atoms with Gasteiger partial charge in [-0.2, -0.15) is 0 Å². The number of hydrogen-bond acceptors (Lipinski definition) is 5. The molecule has 1 atom stereocenters. The van der Waals surface area contributed by atoms with Gasteiger partial charge in [-0.3, -0.25) is 9.59 Å². The Morgan fingerprint density at radius 1 is 0.969 bits per heavy atom. The molecule has 0 saturated carbocycles. The number of ether oxygens (including phenoxy) is 1. The molecule has 0 bridgehead atoms. The van der Waals surface area contributed by atoms with Gasteiger partial charge in [0.25, 0.3) is 0 Å². The highest BCUT2D eigenvalue weighted by atomic mass is 32.2. The zero-order valence-corrected chi connectivity index (χ0v) is 18.7. The molecule has 0 radical (unpaired) electrons. The summed E-state index contributed by atoms with van der Waals surface area (Å²) >= 11 is 0. The first-order valence-electron chi connectivity index (χ1n) is 11.0. The Morgan fingerprint density at radius 3 is 2.41 bits per heavy atom. The molecule has 0 aromatic heterocycles. The van der Waals surface area contributed by atoms with Crippen LogP contribution in [0.1, 0.15) is 37.3 Å². The highest BCUT2D eigenvalue weighted by molar-refractivity contribution is 7.91. The second kappa shape index (κ2) is 9.73. The van der Waals surface area contributed by atoms with Gasteiger partial charge in [-0.15, -0.1) is 0 Å². The van der Waals surface area contributed by atoms with Crippen molar-refractivity contribution in [3.05, 3.63) is 60.2 Å². The molecule has 2 amide bonds. The quantitative estimate of drug-likeness (QED) is 0.722. The summed E-state index contributed by atoms with van der Waals surface area (Å²) in [5, 5.41) is 3.05. The molecule has 2 aromatic carbocycles. The summed E-state index contributed by atoms with van der Waals surface area (Å²) in [4.78, 5) is 27.4. The van der Waals surface area contributed by atoms with E-state index in [4.69, 9.17) is 4.74 Å². The molecule has 7 nitrogen and oxygen atoms in total. The van der Waals surface area contributed by atoms with Crippen LogP contribution < -0.4 is 10.1 Å². The Kier molecular flexibility index (Phi) is 6.79. The minimum Gasteiger partial charge on any atom is -0.493 e. The molecule has 1 saturated heterocycles. The van der Waals surface area contributed by atoms with Gasteiger partial charge in [0.2, 0.25) is 11.8 Å². The third-order valence-electron chi connectivity index (χ3n) is 6.17. The maximum Gasteiger partial charge on any atom is 0.225 e. The molecule has 2 aliphatic heterocycles. The first-order chi connectivity index (χ1) is 15.4. The molecular formula is C24H28N2O5S. The van der Waals surface area contributed by atoms with Gasteiger partial charge in [-0.25, -0.2) is 8.42 Å². The highest BCUT2D eigenvalue weighted by Crippen LogP contribution is 2.32. The van der Waals surface area contributed by atoms with E-state index < -0.39 is 9.84 Å². The Labute approximate surface area is 188 Å². The van der Waals surface area contributed by atoms with Crippen molar-refractivity contribution in [2.45, 2.75) is 36.6 Å². The molecule has 1 unspecified atom stereocenters. The molecule has 4 rings (SSSR count). The fraction of sp³-hybridized carbons (Fsp3) is 0.417. The first kappa shape index (κ1) is 22.3. The van der Waals surface area contributed by atoms with Crippen LogP contribution in [0.3, 0.4) is 0 Å². The van der Waals surface area contributed by atoms with Crippen LogP contribution >= 0.6 is 0 Å². The SMILES string of the molecule is O=C(NC1CCS(=O)(=O)c2ccccc21)C1CCN(C(=O)CCOc2ccccc2)CC1. The zero-order valence-electron chi connectivity index (χ0n) is 17.9. The van der Waals surface area contributed by atoms with Gasteiger partial charge in [-0.05, 0) is 43.0 Å². The van der Waals surface area contributed by atoms with E-state index in [1.165, 1.54) is 0 Å². The van der Waals surface area contributed by atoms with Crippen LogP contribution in [0, 0.1) is 5.92 Å². The first-order valence-corrected chi connectivity index (χ1v) is 12.7. The average molecular weight is 457 g/mol. The molecule has 8 heteroatoms. The van der Waals surface area contributed by atoms with Crippen molar-refractivity contribution in [3.8, 4) is 5.75 Å². The van der Waals surface area contributed by atoms with Gasteiger partial charge in [0.15, 0.2) is 9.84 Å². The van der Waals surface area contributed by atoms with E-state index in [1.54, 1.807) is 29.2 Å². The van der Waals surface area contributed by atoms with Crippen molar-refractivity contribution in [1.82, 2.24) is 10.2 Å². The van der Waals surface area contributed by atoms with Gasteiger partial charge >= 0.3 is 0 Å². The van der Waals surface area contributed by atoms with E-state index in [9.17, 15) is 18.0 Å². The number of hydrogen-bond donors (Lipinski definition) is 1. The Morgan fingerprint density at radius 2 is 1.66 bits per heavy atom. The van der Waals surface area contributed by atoms with E-state index in [0.29, 0.717) is 55.8 Å². The average Bonchev–Trinajstić information content (AvgIpc) is 2.82. The predicted octanol–water partition coefficient (Wildman–Crippen LogP) is 2.73. The van der Waals surface area contributed by atoms with E-state index in [0.717, 1.165) is 5.75 Å². The number of nitrogens with zero attached hydrogens (tertiary/aromatic N) is 1. The summed E-state index contributed by atoms with van der Waals surface area (Å²) in [7, 11) is -3.28. The van der Waals surface area contributed by atoms with Crippen LogP contribution in [-0.2, 0) is 19.4 Å². The van der Waals surface area contributed by atoms with Gasteiger partial charge in [0.05, 0.1) is 29.7 Å². The number of likely N-dealkylation sites (tertiary alicyclic amines) is 1. The normalized spacial score (nSPS) is 20.2. The van der Waals surface area contributed by atoms with Crippen LogP contribution in [0.5, 0.6) is 5.75 Å². The van der Waals surface area contributed by atoms with Crippen LogP contribution in [0.4, 0.5) is 0 Å². The number of carbonyl (C=O) groups excluding carboxylic acids is 2. The maximum atomic E-state index is 12.9. The van der Waals surface area contributed by atoms with Crippen molar-refractivity contribution >= 4 is 21.7 Å². The lowest BCUT2D eigenvalue weighted by Crippen LogP contribution is -2.44. The van der Waals surface area contributed by atoms with Crippen molar-refractivity contribution in [1.29, 1.82) is 0 Å². The van der Waals surface area contributed by atoms with E-state index in [-0.39, 0.29) is 29.5 Å². The molecular weight excluding hydrogens is 428 g/mol. The summed E-state index contributed by atoms with van der Waals surface area (Å²) in [5.41, 5.74) is 0.665. The number of carbonyl (C=O) groups is 2.